The van der Waals surface area contributed by atoms with E-state index in [9.17, 15) is 29.8 Å². The van der Waals surface area contributed by atoms with E-state index in [1.54, 1.807) is 27.7 Å². The molecule has 1 aliphatic rings. The second-order valence-electron chi connectivity index (χ2n) is 7.71. The first-order chi connectivity index (χ1) is 11.2. The highest BCUT2D eigenvalue weighted by atomic mass is 19.1. The van der Waals surface area contributed by atoms with E-state index in [-0.39, 0.29) is 18.9 Å². The van der Waals surface area contributed by atoms with Crippen molar-refractivity contribution in [1.29, 1.82) is 0 Å². The number of halogens is 1. The van der Waals surface area contributed by atoms with E-state index >= 15 is 0 Å². The van der Waals surface area contributed by atoms with Gasteiger partial charge in [-0.05, 0) is 27.7 Å². The van der Waals surface area contributed by atoms with Crippen LogP contribution in [0.15, 0.2) is 12.1 Å². The van der Waals surface area contributed by atoms with Crippen LogP contribution in [0.25, 0.3) is 0 Å². The summed E-state index contributed by atoms with van der Waals surface area (Å²) in [5.74, 6) is -1.35. The quantitative estimate of drug-likeness (QED) is 0.505. The highest BCUT2D eigenvalue weighted by Gasteiger charge is 2.65. The van der Waals surface area contributed by atoms with Crippen molar-refractivity contribution in [2.75, 3.05) is 0 Å². The molecular weight excluding hydrogens is 335 g/mol. The molecule has 0 atom stereocenters. The minimum atomic E-state index is -1.35. The number of benzene rings is 1. The minimum absolute atomic E-state index is 0.266. The molecule has 1 fully saturated rings. The third-order valence-corrected chi connectivity index (χ3v) is 5.01. The summed E-state index contributed by atoms with van der Waals surface area (Å²) in [6, 6.07) is 0.854. The van der Waals surface area contributed by atoms with Crippen LogP contribution >= 0.6 is 0 Å². The van der Waals surface area contributed by atoms with Crippen LogP contribution in [0.2, 0.25) is 0 Å². The fraction of sp³-hybridized carbons (Fsp3) is 0.600. The molecule has 0 amide bonds. The molecule has 137 valence electrons. The number of nitro groups is 2. The van der Waals surface area contributed by atoms with Crippen LogP contribution in [-0.4, -0.2) is 27.0 Å². The second kappa shape index (κ2) is 5.68. The number of quaternary nitrogens is 1. The Morgan fingerprint density at radius 2 is 1.52 bits per heavy atom. The lowest BCUT2D eigenvalue weighted by atomic mass is 9.75. The third-order valence-electron chi connectivity index (χ3n) is 5.01. The predicted molar refractivity (Wildman–Crippen MR) is 87.6 cm³/mol. The number of rotatable bonds is 3. The molecule has 0 spiro atoms. The largest absolute Gasteiger partial charge is 0.336 e. The van der Waals surface area contributed by atoms with E-state index < -0.39 is 48.5 Å². The Balaban J connectivity index is 2.87. The lowest BCUT2D eigenvalue weighted by Gasteiger charge is -2.54. The van der Waals surface area contributed by atoms with Crippen LogP contribution in [0.5, 0.6) is 0 Å². The predicted octanol–water partition coefficient (Wildman–Crippen LogP) is 2.97. The summed E-state index contributed by atoms with van der Waals surface area (Å²) in [5, 5.41) is 36.5. The molecule has 1 radical (unpaired) electrons. The molecule has 0 unspecified atom stereocenters. The first-order valence-electron chi connectivity index (χ1n) is 7.73. The van der Waals surface area contributed by atoms with Crippen molar-refractivity contribution >= 4 is 17.1 Å². The van der Waals surface area contributed by atoms with E-state index in [0.717, 1.165) is 0 Å². The SMILES string of the molecule is CC1(C)CC(N)CC(C)(C)[N+]1([O])c1cc([N+](=O)[O-])c(F)cc1[N+](=O)[O-]. The first-order valence-corrected chi connectivity index (χ1v) is 7.73. The number of piperidine rings is 1. The summed E-state index contributed by atoms with van der Waals surface area (Å²) in [4.78, 5) is 20.6. The summed E-state index contributed by atoms with van der Waals surface area (Å²) in [5.41, 5.74) is 1.67. The average molecular weight is 356 g/mol. The zero-order chi connectivity index (χ0) is 19.4. The Morgan fingerprint density at radius 3 is 1.92 bits per heavy atom. The van der Waals surface area contributed by atoms with Crippen LogP contribution in [0.3, 0.4) is 0 Å². The molecule has 1 aromatic carbocycles. The Bertz CT molecular complexity index is 732. The van der Waals surface area contributed by atoms with Crippen molar-refractivity contribution in [2.45, 2.75) is 57.7 Å². The van der Waals surface area contributed by atoms with Gasteiger partial charge in [-0.25, -0.2) is 0 Å². The molecule has 25 heavy (non-hydrogen) atoms. The molecule has 1 aliphatic heterocycles. The number of hydrogen-bond acceptors (Lipinski definition) is 5. The first kappa shape index (κ1) is 19.2. The summed E-state index contributed by atoms with van der Waals surface area (Å²) < 4.78 is 12.7. The molecule has 1 aromatic rings. The lowest BCUT2D eigenvalue weighted by Crippen LogP contribution is -2.75. The Morgan fingerprint density at radius 1 is 1.08 bits per heavy atom. The molecule has 2 N–H and O–H groups in total. The summed E-state index contributed by atoms with van der Waals surface area (Å²) in [7, 11) is 0. The molecule has 0 saturated carbocycles. The van der Waals surface area contributed by atoms with Gasteiger partial charge in [-0.2, -0.15) is 4.39 Å². The average Bonchev–Trinajstić information content (AvgIpc) is 2.42. The molecule has 0 aromatic heterocycles. The lowest BCUT2D eigenvalue weighted by molar-refractivity contribution is -0.394. The highest BCUT2D eigenvalue weighted by molar-refractivity contribution is 5.66. The fourth-order valence-corrected chi connectivity index (χ4v) is 4.16. The van der Waals surface area contributed by atoms with Gasteiger partial charge in [0.1, 0.15) is 11.1 Å². The summed E-state index contributed by atoms with van der Waals surface area (Å²) in [6.45, 7) is 6.44. The molecule has 1 saturated heterocycles. The van der Waals surface area contributed by atoms with Gasteiger partial charge in [0.15, 0.2) is 0 Å². The number of nitrogens with two attached hydrogens (primary N) is 1. The molecule has 9 nitrogen and oxygen atoms in total. The maximum Gasteiger partial charge on any atom is 0.336 e. The third kappa shape index (κ3) is 2.75. The van der Waals surface area contributed by atoms with Crippen molar-refractivity contribution in [3.63, 3.8) is 0 Å². The van der Waals surface area contributed by atoms with Gasteiger partial charge in [-0.1, -0.05) is 4.65 Å². The minimum Gasteiger partial charge on any atom is -0.327 e. The number of nitrogens with zero attached hydrogens (tertiary/aromatic N) is 3. The molecule has 2 rings (SSSR count). The van der Waals surface area contributed by atoms with Crippen LogP contribution in [0.4, 0.5) is 21.5 Å². The highest BCUT2D eigenvalue weighted by Crippen LogP contribution is 2.51. The Kier molecular flexibility index (Phi) is 4.35. The van der Waals surface area contributed by atoms with Crippen molar-refractivity contribution in [2.24, 2.45) is 5.73 Å². The monoisotopic (exact) mass is 356 g/mol. The Labute approximate surface area is 143 Å². The molecule has 1 heterocycles. The van der Waals surface area contributed by atoms with Crippen molar-refractivity contribution in [3.05, 3.63) is 38.2 Å². The van der Waals surface area contributed by atoms with Gasteiger partial charge in [-0.3, -0.25) is 20.2 Å². The van der Waals surface area contributed by atoms with Crippen molar-refractivity contribution in [3.8, 4) is 0 Å². The Hall–Kier alpha value is -2.17. The molecule has 0 bridgehead atoms. The molecule has 10 heteroatoms. The maximum absolute atomic E-state index is 14.0. The number of hydroxylamine groups is 2. The van der Waals surface area contributed by atoms with Crippen LogP contribution in [0.1, 0.15) is 40.5 Å². The summed E-state index contributed by atoms with van der Waals surface area (Å²) in [6.07, 6.45) is 0.532. The van der Waals surface area contributed by atoms with Gasteiger partial charge in [0, 0.05) is 24.1 Å². The zero-order valence-corrected chi connectivity index (χ0v) is 14.5. The van der Waals surface area contributed by atoms with Gasteiger partial charge >= 0.3 is 11.4 Å². The standard InChI is InChI=1S/C15H21FN4O5/c1-14(2)7-9(17)8-15(3,4)20(14,25)13-6-11(18(21)22)10(16)5-12(13)19(23)24/h5-6,9H,7-8,17H2,1-4H3/q+1. The van der Waals surface area contributed by atoms with Crippen molar-refractivity contribution in [1.82, 2.24) is 4.65 Å². The number of nitro benzene ring substituents is 2. The maximum atomic E-state index is 14.0. The van der Waals surface area contributed by atoms with Gasteiger partial charge in [-0.15, -0.1) is 0 Å². The second-order valence-corrected chi connectivity index (χ2v) is 7.71. The molecular formula is C15H21FN4O5+. The van der Waals surface area contributed by atoms with Gasteiger partial charge < -0.3 is 5.73 Å². The number of hydrogen-bond donors (Lipinski definition) is 1. The summed E-state index contributed by atoms with van der Waals surface area (Å²) >= 11 is 0. The van der Waals surface area contributed by atoms with Gasteiger partial charge in [0.2, 0.25) is 5.82 Å². The van der Waals surface area contributed by atoms with E-state index in [0.29, 0.717) is 12.1 Å². The van der Waals surface area contributed by atoms with Crippen LogP contribution in [0, 0.1) is 26.0 Å². The molecule has 0 aliphatic carbocycles. The smallest absolute Gasteiger partial charge is 0.327 e. The topological polar surface area (TPSA) is 132 Å². The van der Waals surface area contributed by atoms with Gasteiger partial charge in [0.25, 0.3) is 5.69 Å². The van der Waals surface area contributed by atoms with Crippen LogP contribution < -0.4 is 10.4 Å². The van der Waals surface area contributed by atoms with E-state index in [4.69, 9.17) is 5.73 Å². The van der Waals surface area contributed by atoms with E-state index in [1.807, 2.05) is 0 Å². The van der Waals surface area contributed by atoms with Crippen LogP contribution in [-0.2, 0) is 5.21 Å². The zero-order valence-electron chi connectivity index (χ0n) is 14.5. The normalized spacial score (nSPS) is 27.7. The van der Waals surface area contributed by atoms with E-state index in [2.05, 4.69) is 0 Å². The van der Waals surface area contributed by atoms with Crippen molar-refractivity contribution < 1.29 is 19.4 Å². The van der Waals surface area contributed by atoms with E-state index in [1.165, 1.54) is 0 Å². The fourth-order valence-electron chi connectivity index (χ4n) is 4.16. The van der Waals surface area contributed by atoms with Gasteiger partial charge in [0.05, 0.1) is 22.0 Å².